The zero-order valence-electron chi connectivity index (χ0n) is 33.5. The first kappa shape index (κ1) is 38.7. The van der Waals surface area contributed by atoms with E-state index >= 15 is 0 Å². The number of hydrogen-bond acceptors (Lipinski definition) is 12. The number of nitrogens with one attached hydrogen (secondary N) is 2. The van der Waals surface area contributed by atoms with E-state index in [2.05, 4.69) is 96.1 Å². The van der Waals surface area contributed by atoms with Crippen molar-refractivity contribution in [2.24, 2.45) is 5.92 Å². The minimum absolute atomic E-state index is 0.193. The highest BCUT2D eigenvalue weighted by Crippen LogP contribution is 2.38. The van der Waals surface area contributed by atoms with Crippen LogP contribution in [-0.2, 0) is 15.0 Å². The van der Waals surface area contributed by atoms with Crippen molar-refractivity contribution in [3.63, 3.8) is 0 Å². The molecule has 58 heavy (non-hydrogen) atoms. The number of aromatic nitrogens is 7. The van der Waals surface area contributed by atoms with Crippen LogP contribution < -0.4 is 15.5 Å². The van der Waals surface area contributed by atoms with Gasteiger partial charge in [-0.2, -0.15) is 20.3 Å². The molecule has 2 N–H and O–H groups in total. The Morgan fingerprint density at radius 2 is 1.76 bits per heavy atom. The molecular weight excluding hydrogens is 731 g/mol. The Morgan fingerprint density at radius 1 is 1.00 bits per heavy atom. The van der Waals surface area contributed by atoms with E-state index in [1.54, 1.807) is 34.7 Å². The van der Waals surface area contributed by atoms with Gasteiger partial charge in [-0.1, -0.05) is 17.3 Å². The molecule has 1 aromatic carbocycles. The van der Waals surface area contributed by atoms with Gasteiger partial charge in [0.1, 0.15) is 17.8 Å². The summed E-state index contributed by atoms with van der Waals surface area (Å²) in [5.74, 6) is 1.11. The maximum absolute atomic E-state index is 12.7. The molecule has 298 valence electrons. The van der Waals surface area contributed by atoms with Crippen LogP contribution in [-0.4, -0.2) is 89.2 Å². The van der Waals surface area contributed by atoms with Crippen LogP contribution in [0.15, 0.2) is 61.2 Å². The summed E-state index contributed by atoms with van der Waals surface area (Å²) < 4.78 is 3.35. The first-order valence-corrected chi connectivity index (χ1v) is 20.3. The summed E-state index contributed by atoms with van der Waals surface area (Å²) in [5.41, 5.74) is 4.78. The summed E-state index contributed by atoms with van der Waals surface area (Å²) in [6.07, 6.45) is 13.4. The van der Waals surface area contributed by atoms with Crippen molar-refractivity contribution in [2.45, 2.75) is 102 Å². The van der Waals surface area contributed by atoms with Crippen LogP contribution in [0.3, 0.4) is 0 Å². The largest absolute Gasteiger partial charge is 0.368 e. The number of benzene rings is 1. The van der Waals surface area contributed by atoms with E-state index in [1.807, 2.05) is 19.2 Å². The van der Waals surface area contributed by atoms with Crippen LogP contribution in [0.5, 0.6) is 0 Å². The van der Waals surface area contributed by atoms with E-state index in [-0.39, 0.29) is 11.8 Å². The van der Waals surface area contributed by atoms with Crippen molar-refractivity contribution in [1.82, 2.24) is 45.0 Å². The van der Waals surface area contributed by atoms with E-state index in [0.29, 0.717) is 65.2 Å². The first-order valence-electron chi connectivity index (χ1n) is 20.3. The van der Waals surface area contributed by atoms with Gasteiger partial charge in [-0.25, -0.2) is 14.6 Å². The molecule has 4 aromatic heterocycles. The third-order valence-electron chi connectivity index (χ3n) is 12.6. The van der Waals surface area contributed by atoms with Gasteiger partial charge >= 0.3 is 0 Å². The number of hydrogen-bond donors (Lipinski definition) is 2. The van der Waals surface area contributed by atoms with Gasteiger partial charge in [-0.15, -0.1) is 5.10 Å². The molecule has 0 bridgehead atoms. The van der Waals surface area contributed by atoms with Crippen molar-refractivity contribution >= 4 is 34.2 Å². The number of piperazine rings is 1. The number of nitrogens with zero attached hydrogens (tertiary/aromatic N) is 11. The van der Waals surface area contributed by atoms with Gasteiger partial charge in [0.15, 0.2) is 11.5 Å². The lowest BCUT2D eigenvalue weighted by Gasteiger charge is -2.46. The fraction of sp³-hybridized carbons (Fsp3) is 0.465. The standard InChI is InChI=1S/C43H49N13O2/c1-27(19-44)49-36-18-39(56-41-33(22-48-56)17-31(20-45)21-47-41)46-23-38(36)55-26-37(51-52-55)32-7-5-30(6-8-32)14-16-54-28(2)24-53(25-29(54)3)35-11-9-34(10-12-35)43(4)15-13-40(57)50-42(43)58/h9-12,17-18,21-23,26-30,32H,5-8,13-16,24-25H2,1-4H3,(H,46,49)(H,50,57,58)/t27-,28-,29-,30?,32?,43-/m1/s1. The van der Waals surface area contributed by atoms with Crippen LogP contribution >= 0.6 is 0 Å². The third-order valence-corrected chi connectivity index (χ3v) is 12.6. The summed E-state index contributed by atoms with van der Waals surface area (Å²) in [7, 11) is 0. The van der Waals surface area contributed by atoms with E-state index in [0.717, 1.165) is 62.0 Å². The van der Waals surface area contributed by atoms with Gasteiger partial charge in [0.2, 0.25) is 11.8 Å². The van der Waals surface area contributed by atoms with Gasteiger partial charge in [-0.05, 0) is 102 Å². The number of nitriles is 2. The molecule has 5 aromatic rings. The minimum atomic E-state index is -0.683. The second-order valence-electron chi connectivity index (χ2n) is 16.6. The highest BCUT2D eigenvalue weighted by molar-refractivity contribution is 6.03. The fourth-order valence-corrected chi connectivity index (χ4v) is 9.05. The Bertz CT molecular complexity index is 2390. The lowest BCUT2D eigenvalue weighted by Crippen LogP contribution is -2.57. The molecule has 15 heteroatoms. The number of amides is 2. The predicted octanol–water partition coefficient (Wildman–Crippen LogP) is 5.55. The fourth-order valence-electron chi connectivity index (χ4n) is 9.05. The average Bonchev–Trinajstić information content (AvgIpc) is 3.90. The summed E-state index contributed by atoms with van der Waals surface area (Å²) >= 11 is 0. The van der Waals surface area contributed by atoms with Gasteiger partial charge in [-0.3, -0.25) is 19.8 Å². The Labute approximate surface area is 338 Å². The van der Waals surface area contributed by atoms with Crippen molar-refractivity contribution in [3.8, 4) is 23.6 Å². The summed E-state index contributed by atoms with van der Waals surface area (Å²) in [4.78, 5) is 38.7. The van der Waals surface area contributed by atoms with Crippen LogP contribution in [0, 0.1) is 28.6 Å². The van der Waals surface area contributed by atoms with E-state index in [9.17, 15) is 20.1 Å². The molecule has 0 unspecified atom stereocenters. The Kier molecular flexibility index (Phi) is 10.7. The Balaban J connectivity index is 0.863. The van der Waals surface area contributed by atoms with Crippen LogP contribution in [0.25, 0.3) is 22.5 Å². The van der Waals surface area contributed by atoms with E-state index in [4.69, 9.17) is 0 Å². The number of rotatable bonds is 10. The minimum Gasteiger partial charge on any atom is -0.368 e. The van der Waals surface area contributed by atoms with Gasteiger partial charge in [0, 0.05) is 60.8 Å². The summed E-state index contributed by atoms with van der Waals surface area (Å²) in [6.45, 7) is 11.4. The lowest BCUT2D eigenvalue weighted by molar-refractivity contribution is -0.137. The highest BCUT2D eigenvalue weighted by Gasteiger charge is 2.40. The molecule has 3 aliphatic rings. The summed E-state index contributed by atoms with van der Waals surface area (Å²) in [6, 6.07) is 16.6. The predicted molar refractivity (Wildman–Crippen MR) is 218 cm³/mol. The SMILES string of the molecule is C[C@H](C#N)Nc1cc(-n2ncc3cc(C#N)cnc32)ncc1-n1cc(C2CCC(CCN3[C@H](C)CN(c4ccc([C@@]5(C)CCC(=O)NC5=O)cc4)C[C@H]3C)CC2)nn1. The van der Waals surface area contributed by atoms with Crippen molar-refractivity contribution in [2.75, 3.05) is 29.9 Å². The molecule has 1 aliphatic carbocycles. The number of piperidine rings is 1. The molecule has 2 aliphatic heterocycles. The zero-order valence-corrected chi connectivity index (χ0v) is 33.5. The quantitative estimate of drug-likeness (QED) is 0.169. The molecule has 2 saturated heterocycles. The summed E-state index contributed by atoms with van der Waals surface area (Å²) in [5, 5.41) is 39.0. The maximum atomic E-state index is 12.7. The highest BCUT2D eigenvalue weighted by atomic mass is 16.2. The molecule has 1 saturated carbocycles. The number of imide groups is 1. The normalized spacial score (nSPS) is 24.6. The Hall–Kier alpha value is -6.19. The molecule has 0 radical (unpaired) electrons. The first-order chi connectivity index (χ1) is 28.0. The Morgan fingerprint density at radius 3 is 2.47 bits per heavy atom. The zero-order chi connectivity index (χ0) is 40.6. The van der Waals surface area contributed by atoms with E-state index in [1.165, 1.54) is 18.3 Å². The van der Waals surface area contributed by atoms with Crippen LogP contribution in [0.1, 0.15) is 95.4 Å². The number of pyridine rings is 2. The van der Waals surface area contributed by atoms with Crippen LogP contribution in [0.2, 0.25) is 0 Å². The van der Waals surface area contributed by atoms with E-state index < -0.39 is 11.5 Å². The molecular formula is C43H49N13O2. The monoisotopic (exact) mass is 779 g/mol. The van der Waals surface area contributed by atoms with Gasteiger partial charge in [0.05, 0.1) is 47.0 Å². The van der Waals surface area contributed by atoms with Gasteiger partial charge in [0.25, 0.3) is 0 Å². The lowest BCUT2D eigenvalue weighted by atomic mass is 9.75. The molecule has 2 amide bonds. The average molecular weight is 780 g/mol. The molecule has 3 fully saturated rings. The molecule has 15 nitrogen and oxygen atoms in total. The number of carbonyl (C=O) groups is 2. The maximum Gasteiger partial charge on any atom is 0.236 e. The topological polar surface area (TPSA) is 187 Å². The third kappa shape index (κ3) is 7.62. The van der Waals surface area contributed by atoms with Crippen molar-refractivity contribution < 1.29 is 9.59 Å². The van der Waals surface area contributed by atoms with Crippen molar-refractivity contribution in [1.29, 1.82) is 10.5 Å². The van der Waals surface area contributed by atoms with Crippen molar-refractivity contribution in [3.05, 3.63) is 78.0 Å². The number of carbonyl (C=O) groups excluding carboxylic acids is 2. The molecule has 8 rings (SSSR count). The molecule has 0 spiro atoms. The van der Waals surface area contributed by atoms with Gasteiger partial charge < -0.3 is 10.2 Å². The molecule has 6 heterocycles. The number of fused-ring (bicyclic) bond motifs is 1. The number of anilines is 2. The second-order valence-corrected chi connectivity index (χ2v) is 16.6. The smallest absolute Gasteiger partial charge is 0.236 e. The second kappa shape index (κ2) is 16.0. The molecule has 4 atom stereocenters. The van der Waals surface area contributed by atoms with Crippen LogP contribution in [0.4, 0.5) is 11.4 Å².